The molecule has 2 aromatic heterocycles. The normalized spacial score (nSPS) is 11.1. The minimum Gasteiger partial charge on any atom is -0.262 e. The molecule has 0 radical (unpaired) electrons. The van der Waals surface area contributed by atoms with E-state index in [2.05, 4.69) is 62.2 Å². The molecule has 2 nitrogen and oxygen atoms in total. The van der Waals surface area contributed by atoms with E-state index in [0.717, 1.165) is 11.4 Å². The lowest BCUT2D eigenvalue weighted by atomic mass is 10.0. The Balaban J connectivity index is 2.20. The number of hydrogen-bond acceptors (Lipinski definition) is 3. The molecule has 1 aromatic carbocycles. The zero-order chi connectivity index (χ0) is 15.7. The highest BCUT2D eigenvalue weighted by atomic mass is 32.1. The van der Waals surface area contributed by atoms with E-state index in [0.29, 0.717) is 5.92 Å². The van der Waals surface area contributed by atoms with Crippen LogP contribution in [-0.4, -0.2) is 9.97 Å². The fourth-order valence-electron chi connectivity index (χ4n) is 2.45. The van der Waals surface area contributed by atoms with Gasteiger partial charge in [0, 0.05) is 23.4 Å². The molecule has 3 heteroatoms. The van der Waals surface area contributed by atoms with Crippen LogP contribution < -0.4 is 0 Å². The number of aromatic nitrogens is 2. The summed E-state index contributed by atoms with van der Waals surface area (Å²) in [4.78, 5) is 10.5. The van der Waals surface area contributed by atoms with E-state index >= 15 is 0 Å². The first-order valence-electron chi connectivity index (χ1n) is 7.55. The maximum atomic E-state index is 4.93. The van der Waals surface area contributed by atoms with Crippen LogP contribution in [0, 0.1) is 13.8 Å². The van der Waals surface area contributed by atoms with Crippen molar-refractivity contribution in [2.24, 2.45) is 0 Å². The molecule has 112 valence electrons. The minimum absolute atomic E-state index is 0.435. The number of thiazole rings is 1. The van der Waals surface area contributed by atoms with Crippen LogP contribution in [0.15, 0.2) is 42.6 Å². The summed E-state index contributed by atoms with van der Waals surface area (Å²) < 4.78 is 0. The minimum atomic E-state index is 0.435. The van der Waals surface area contributed by atoms with Gasteiger partial charge in [0.25, 0.3) is 0 Å². The summed E-state index contributed by atoms with van der Waals surface area (Å²) in [5.41, 5.74) is 5.77. The molecule has 0 bridgehead atoms. The second-order valence-corrected chi connectivity index (χ2v) is 6.97. The van der Waals surface area contributed by atoms with Crippen molar-refractivity contribution >= 4 is 11.3 Å². The summed E-state index contributed by atoms with van der Waals surface area (Å²) in [5.74, 6) is 0.435. The van der Waals surface area contributed by atoms with Crippen LogP contribution in [0.3, 0.4) is 0 Å². The molecule has 22 heavy (non-hydrogen) atoms. The molecule has 0 aliphatic heterocycles. The quantitative estimate of drug-likeness (QED) is 0.628. The Morgan fingerprint density at radius 1 is 1.00 bits per heavy atom. The number of rotatable bonds is 3. The zero-order valence-corrected chi connectivity index (χ0v) is 14.2. The van der Waals surface area contributed by atoms with Crippen molar-refractivity contribution in [1.29, 1.82) is 0 Å². The number of aryl methyl sites for hydroxylation is 2. The Morgan fingerprint density at radius 3 is 2.50 bits per heavy atom. The van der Waals surface area contributed by atoms with Crippen molar-refractivity contribution in [2.75, 3.05) is 0 Å². The van der Waals surface area contributed by atoms with Crippen molar-refractivity contribution in [1.82, 2.24) is 9.97 Å². The van der Waals surface area contributed by atoms with E-state index < -0.39 is 0 Å². The number of hydrogen-bond donors (Lipinski definition) is 0. The molecule has 0 saturated heterocycles. The third-order valence-corrected chi connectivity index (χ3v) is 4.99. The predicted octanol–water partition coefficient (Wildman–Crippen LogP) is 5.61. The SMILES string of the molecule is Cc1cccc(-c2nc(C(C)C)sc2-c2ccnc(C)c2)c1. The molecule has 0 atom stereocenters. The molecule has 2 heterocycles. The molecular formula is C19H20N2S. The Labute approximate surface area is 135 Å². The lowest BCUT2D eigenvalue weighted by Crippen LogP contribution is -1.87. The maximum absolute atomic E-state index is 4.93. The first kappa shape index (κ1) is 14.9. The first-order chi connectivity index (χ1) is 10.5. The van der Waals surface area contributed by atoms with Crippen LogP contribution in [0.2, 0.25) is 0 Å². The molecule has 0 aliphatic carbocycles. The molecule has 0 unspecified atom stereocenters. The van der Waals surface area contributed by atoms with Crippen LogP contribution in [0.1, 0.15) is 36.0 Å². The van der Waals surface area contributed by atoms with Crippen molar-refractivity contribution in [3.8, 4) is 21.7 Å². The number of pyridine rings is 1. The fourth-order valence-corrected chi connectivity index (χ4v) is 3.54. The molecule has 0 spiro atoms. The smallest absolute Gasteiger partial charge is 0.0964 e. The van der Waals surface area contributed by atoms with Gasteiger partial charge in [-0.25, -0.2) is 4.98 Å². The summed E-state index contributed by atoms with van der Waals surface area (Å²) in [7, 11) is 0. The summed E-state index contributed by atoms with van der Waals surface area (Å²) in [6.45, 7) is 8.54. The van der Waals surface area contributed by atoms with Gasteiger partial charge in [0.05, 0.1) is 15.6 Å². The highest BCUT2D eigenvalue weighted by Gasteiger charge is 2.16. The van der Waals surface area contributed by atoms with Gasteiger partial charge in [0.1, 0.15) is 0 Å². The van der Waals surface area contributed by atoms with Crippen molar-refractivity contribution < 1.29 is 0 Å². The average molecular weight is 308 g/mol. The third-order valence-electron chi connectivity index (χ3n) is 3.59. The van der Waals surface area contributed by atoms with E-state index in [1.807, 2.05) is 13.1 Å². The van der Waals surface area contributed by atoms with Gasteiger partial charge in [-0.15, -0.1) is 11.3 Å². The van der Waals surface area contributed by atoms with Gasteiger partial charge in [-0.3, -0.25) is 4.98 Å². The fraction of sp³-hybridized carbons (Fsp3) is 0.263. The van der Waals surface area contributed by atoms with Crippen LogP contribution in [-0.2, 0) is 0 Å². The first-order valence-corrected chi connectivity index (χ1v) is 8.37. The van der Waals surface area contributed by atoms with Crippen LogP contribution in [0.25, 0.3) is 21.7 Å². The Hall–Kier alpha value is -2.00. The average Bonchev–Trinajstić information content (AvgIpc) is 2.92. The van der Waals surface area contributed by atoms with Gasteiger partial charge in [-0.05, 0) is 37.6 Å². The van der Waals surface area contributed by atoms with Crippen molar-refractivity contribution in [2.45, 2.75) is 33.6 Å². The van der Waals surface area contributed by atoms with Gasteiger partial charge in [0.2, 0.25) is 0 Å². The van der Waals surface area contributed by atoms with E-state index in [9.17, 15) is 0 Å². The summed E-state index contributed by atoms with van der Waals surface area (Å²) in [6, 6.07) is 12.8. The van der Waals surface area contributed by atoms with Crippen LogP contribution in [0.5, 0.6) is 0 Å². The monoisotopic (exact) mass is 308 g/mol. The summed E-state index contributed by atoms with van der Waals surface area (Å²) in [6.07, 6.45) is 1.87. The highest BCUT2D eigenvalue weighted by Crippen LogP contribution is 2.39. The van der Waals surface area contributed by atoms with Gasteiger partial charge in [-0.1, -0.05) is 37.6 Å². The zero-order valence-electron chi connectivity index (χ0n) is 13.4. The highest BCUT2D eigenvalue weighted by molar-refractivity contribution is 7.15. The Bertz CT molecular complexity index is 740. The lowest BCUT2D eigenvalue weighted by Gasteiger charge is -2.04. The van der Waals surface area contributed by atoms with Gasteiger partial charge in [0.15, 0.2) is 0 Å². The predicted molar refractivity (Wildman–Crippen MR) is 94.3 cm³/mol. The molecule has 0 aliphatic rings. The van der Waals surface area contributed by atoms with E-state index in [4.69, 9.17) is 4.98 Å². The van der Waals surface area contributed by atoms with Crippen LogP contribution in [0.4, 0.5) is 0 Å². The topological polar surface area (TPSA) is 25.8 Å². The van der Waals surface area contributed by atoms with Crippen molar-refractivity contribution in [3.05, 3.63) is 58.9 Å². The second-order valence-electron chi connectivity index (χ2n) is 5.94. The molecule has 0 N–H and O–H groups in total. The van der Waals surface area contributed by atoms with Crippen LogP contribution >= 0.6 is 11.3 Å². The van der Waals surface area contributed by atoms with E-state index in [1.54, 1.807) is 11.3 Å². The standard InChI is InChI=1S/C19H20N2S/c1-12(2)19-21-17(15-7-5-6-13(3)10-15)18(22-19)16-8-9-20-14(4)11-16/h5-12H,1-4H3. The molecule has 3 rings (SSSR count). The largest absolute Gasteiger partial charge is 0.262 e. The summed E-state index contributed by atoms with van der Waals surface area (Å²) >= 11 is 1.79. The second kappa shape index (κ2) is 6.01. The molecule has 3 aromatic rings. The molecule has 0 saturated carbocycles. The Morgan fingerprint density at radius 2 is 1.82 bits per heavy atom. The Kier molecular flexibility index (Phi) is 4.08. The third kappa shape index (κ3) is 2.95. The van der Waals surface area contributed by atoms with E-state index in [1.165, 1.54) is 26.6 Å². The maximum Gasteiger partial charge on any atom is 0.0964 e. The number of nitrogens with zero attached hydrogens (tertiary/aromatic N) is 2. The van der Waals surface area contributed by atoms with Gasteiger partial charge < -0.3 is 0 Å². The van der Waals surface area contributed by atoms with Gasteiger partial charge in [-0.2, -0.15) is 0 Å². The molecule has 0 fully saturated rings. The molecular weight excluding hydrogens is 288 g/mol. The van der Waals surface area contributed by atoms with Gasteiger partial charge >= 0.3 is 0 Å². The van der Waals surface area contributed by atoms with Crippen molar-refractivity contribution in [3.63, 3.8) is 0 Å². The molecule has 0 amide bonds. The summed E-state index contributed by atoms with van der Waals surface area (Å²) in [5, 5.41) is 1.18. The van der Waals surface area contributed by atoms with E-state index in [-0.39, 0.29) is 0 Å². The number of benzene rings is 1. The lowest BCUT2D eigenvalue weighted by molar-refractivity contribution is 0.853.